The van der Waals surface area contributed by atoms with Gasteiger partial charge in [0.15, 0.2) is 0 Å². The van der Waals surface area contributed by atoms with Crippen LogP contribution in [0.4, 0.5) is 0 Å². The normalized spacial score (nSPS) is 21.8. The molecule has 1 rings (SSSR count). The molecule has 3 heteroatoms. The first kappa shape index (κ1) is 17.3. The lowest BCUT2D eigenvalue weighted by atomic mass is 10.0. The van der Waals surface area contributed by atoms with Crippen LogP contribution in [-0.4, -0.2) is 49.1 Å². The Kier molecular flexibility index (Phi) is 10.0. The van der Waals surface area contributed by atoms with Gasteiger partial charge in [-0.15, -0.1) is 0 Å². The lowest BCUT2D eigenvalue weighted by molar-refractivity contribution is 0.250. The van der Waals surface area contributed by atoms with Gasteiger partial charge in [-0.2, -0.15) is 11.8 Å². The average molecular weight is 287 g/mol. The highest BCUT2D eigenvalue weighted by molar-refractivity contribution is 7.98. The molecule has 2 nitrogen and oxygen atoms in total. The van der Waals surface area contributed by atoms with Crippen molar-refractivity contribution in [3.8, 4) is 0 Å². The van der Waals surface area contributed by atoms with Crippen molar-refractivity contribution in [2.24, 2.45) is 5.92 Å². The Hall–Kier alpha value is 0.270. The number of rotatable bonds is 9. The molecule has 1 aliphatic rings. The molecule has 1 unspecified atom stereocenters. The molecule has 0 aromatic heterocycles. The third-order valence-electron chi connectivity index (χ3n) is 3.89. The molecule has 1 atom stereocenters. The van der Waals surface area contributed by atoms with Crippen LogP contribution < -0.4 is 5.32 Å². The molecular formula is C16H34N2S. The zero-order chi connectivity index (χ0) is 13.9. The van der Waals surface area contributed by atoms with Gasteiger partial charge >= 0.3 is 0 Å². The third-order valence-corrected chi connectivity index (χ3v) is 4.59. The van der Waals surface area contributed by atoms with Gasteiger partial charge in [0, 0.05) is 12.6 Å². The Morgan fingerprint density at radius 3 is 2.74 bits per heavy atom. The maximum Gasteiger partial charge on any atom is 0.0197 e. The second-order valence-corrected chi connectivity index (χ2v) is 7.33. The fourth-order valence-electron chi connectivity index (χ4n) is 2.94. The van der Waals surface area contributed by atoms with Crippen LogP contribution in [0.1, 0.15) is 52.4 Å². The minimum absolute atomic E-state index is 0.721. The van der Waals surface area contributed by atoms with Crippen molar-refractivity contribution < 1.29 is 0 Å². The highest BCUT2D eigenvalue weighted by atomic mass is 32.2. The van der Waals surface area contributed by atoms with Crippen LogP contribution >= 0.6 is 11.8 Å². The van der Waals surface area contributed by atoms with E-state index in [-0.39, 0.29) is 0 Å². The van der Waals surface area contributed by atoms with Crippen LogP contribution in [0.25, 0.3) is 0 Å². The van der Waals surface area contributed by atoms with E-state index in [2.05, 4.69) is 30.3 Å². The van der Waals surface area contributed by atoms with Gasteiger partial charge in [0.1, 0.15) is 0 Å². The Balaban J connectivity index is 2.13. The molecular weight excluding hydrogens is 252 g/mol. The topological polar surface area (TPSA) is 15.3 Å². The summed E-state index contributed by atoms with van der Waals surface area (Å²) in [6.45, 7) is 9.76. The Labute approximate surface area is 125 Å². The molecule has 1 fully saturated rings. The molecule has 1 heterocycles. The van der Waals surface area contributed by atoms with Crippen LogP contribution in [0.5, 0.6) is 0 Å². The molecule has 0 aromatic rings. The number of nitrogens with zero attached hydrogens (tertiary/aromatic N) is 1. The molecule has 0 radical (unpaired) electrons. The lowest BCUT2D eigenvalue weighted by Gasteiger charge is -2.25. The smallest absolute Gasteiger partial charge is 0.0197 e. The first-order valence-corrected chi connectivity index (χ1v) is 9.56. The van der Waals surface area contributed by atoms with Gasteiger partial charge in [-0.1, -0.05) is 26.7 Å². The molecule has 1 saturated heterocycles. The van der Waals surface area contributed by atoms with Crippen LogP contribution in [0.15, 0.2) is 0 Å². The van der Waals surface area contributed by atoms with E-state index in [0.717, 1.165) is 12.0 Å². The maximum atomic E-state index is 3.72. The molecule has 0 aromatic carbocycles. The first-order valence-electron chi connectivity index (χ1n) is 8.17. The van der Waals surface area contributed by atoms with Crippen molar-refractivity contribution in [2.75, 3.05) is 38.2 Å². The van der Waals surface area contributed by atoms with Crippen LogP contribution in [0.3, 0.4) is 0 Å². The molecule has 0 bridgehead atoms. The monoisotopic (exact) mass is 286 g/mol. The molecule has 0 spiro atoms. The second kappa shape index (κ2) is 11.0. The lowest BCUT2D eigenvalue weighted by Crippen LogP contribution is -2.38. The van der Waals surface area contributed by atoms with Gasteiger partial charge < -0.3 is 10.2 Å². The van der Waals surface area contributed by atoms with Crippen molar-refractivity contribution in [1.82, 2.24) is 10.2 Å². The number of unbranched alkanes of at least 4 members (excludes halogenated alkanes) is 3. The Morgan fingerprint density at radius 1 is 1.21 bits per heavy atom. The fraction of sp³-hybridized carbons (Fsp3) is 1.00. The summed E-state index contributed by atoms with van der Waals surface area (Å²) in [5, 5.41) is 3.72. The number of thioether (sulfide) groups is 1. The summed E-state index contributed by atoms with van der Waals surface area (Å²) < 4.78 is 0. The summed E-state index contributed by atoms with van der Waals surface area (Å²) in [5.74, 6) is 2.15. The fourth-order valence-corrected chi connectivity index (χ4v) is 3.43. The van der Waals surface area contributed by atoms with Crippen molar-refractivity contribution in [3.63, 3.8) is 0 Å². The minimum Gasteiger partial charge on any atom is -0.313 e. The standard InChI is InChI=1S/C16H34N2S/c1-15(2)13-16-14-18(11-8-9-17-16)10-6-4-5-7-12-19-3/h15-17H,4-14H2,1-3H3. The average Bonchev–Trinajstić information content (AvgIpc) is 2.58. The second-order valence-electron chi connectivity index (χ2n) is 6.34. The van der Waals surface area contributed by atoms with Crippen molar-refractivity contribution >= 4 is 11.8 Å². The predicted molar refractivity (Wildman–Crippen MR) is 89.2 cm³/mol. The molecule has 19 heavy (non-hydrogen) atoms. The summed E-state index contributed by atoms with van der Waals surface area (Å²) in [6, 6.07) is 0.721. The predicted octanol–water partition coefficient (Wildman–Crippen LogP) is 3.62. The van der Waals surface area contributed by atoms with Gasteiger partial charge in [-0.25, -0.2) is 0 Å². The molecule has 1 N–H and O–H groups in total. The van der Waals surface area contributed by atoms with E-state index in [9.17, 15) is 0 Å². The minimum atomic E-state index is 0.721. The summed E-state index contributed by atoms with van der Waals surface area (Å²) in [5.41, 5.74) is 0. The number of hydrogen-bond acceptors (Lipinski definition) is 3. The molecule has 1 aliphatic heterocycles. The Bertz CT molecular complexity index is 209. The molecule has 0 amide bonds. The van der Waals surface area contributed by atoms with Crippen molar-refractivity contribution in [2.45, 2.75) is 58.4 Å². The van der Waals surface area contributed by atoms with Crippen molar-refractivity contribution in [1.29, 1.82) is 0 Å². The summed E-state index contributed by atoms with van der Waals surface area (Å²) in [6.07, 6.45) is 10.5. The molecule has 0 saturated carbocycles. The van der Waals surface area contributed by atoms with Gasteiger partial charge in [0.2, 0.25) is 0 Å². The zero-order valence-corrected chi connectivity index (χ0v) is 14.1. The third kappa shape index (κ3) is 8.93. The quantitative estimate of drug-likeness (QED) is 0.652. The van der Waals surface area contributed by atoms with Crippen molar-refractivity contribution in [3.05, 3.63) is 0 Å². The first-order chi connectivity index (χ1) is 9.22. The van der Waals surface area contributed by atoms with Crippen LogP contribution in [0, 0.1) is 5.92 Å². The molecule has 114 valence electrons. The van der Waals surface area contributed by atoms with E-state index in [1.807, 2.05) is 11.8 Å². The van der Waals surface area contributed by atoms with Gasteiger partial charge in [-0.3, -0.25) is 0 Å². The van der Waals surface area contributed by atoms with E-state index in [1.165, 1.54) is 70.5 Å². The van der Waals surface area contributed by atoms with E-state index in [4.69, 9.17) is 0 Å². The van der Waals surface area contributed by atoms with E-state index < -0.39 is 0 Å². The largest absolute Gasteiger partial charge is 0.313 e. The summed E-state index contributed by atoms with van der Waals surface area (Å²) in [7, 11) is 0. The maximum absolute atomic E-state index is 3.72. The number of hydrogen-bond donors (Lipinski definition) is 1. The van der Waals surface area contributed by atoms with E-state index >= 15 is 0 Å². The highest BCUT2D eigenvalue weighted by Crippen LogP contribution is 2.11. The van der Waals surface area contributed by atoms with E-state index in [0.29, 0.717) is 0 Å². The molecule has 0 aliphatic carbocycles. The van der Waals surface area contributed by atoms with Crippen LogP contribution in [0.2, 0.25) is 0 Å². The van der Waals surface area contributed by atoms with Gasteiger partial charge in [0.05, 0.1) is 0 Å². The van der Waals surface area contributed by atoms with Gasteiger partial charge in [0.25, 0.3) is 0 Å². The highest BCUT2D eigenvalue weighted by Gasteiger charge is 2.17. The van der Waals surface area contributed by atoms with Gasteiger partial charge in [-0.05, 0) is 63.2 Å². The summed E-state index contributed by atoms with van der Waals surface area (Å²) >= 11 is 1.98. The summed E-state index contributed by atoms with van der Waals surface area (Å²) in [4.78, 5) is 2.70. The zero-order valence-electron chi connectivity index (χ0n) is 13.3. The number of nitrogens with one attached hydrogen (secondary N) is 1. The van der Waals surface area contributed by atoms with E-state index in [1.54, 1.807) is 0 Å². The Morgan fingerprint density at radius 2 is 2.00 bits per heavy atom. The van der Waals surface area contributed by atoms with Crippen LogP contribution in [-0.2, 0) is 0 Å². The SMILES string of the molecule is CSCCCCCCN1CCCNC(CC(C)C)C1.